The molecule has 0 heterocycles. The standard InChI is InChI=1S/C9H20N2O4/c10-4-2-1-3-9(11,8(14)15)5-7(13)6-12/h7,12-13H,1-6,10-11H2,(H,14,15)/t7?,9-/m1/s1. The molecule has 0 saturated carbocycles. The Morgan fingerprint density at radius 3 is 2.40 bits per heavy atom. The van der Waals surface area contributed by atoms with Crippen molar-refractivity contribution in [2.45, 2.75) is 37.3 Å². The zero-order valence-electron chi connectivity index (χ0n) is 8.72. The van der Waals surface area contributed by atoms with Crippen molar-refractivity contribution < 1.29 is 20.1 Å². The number of hydrogen-bond donors (Lipinski definition) is 5. The number of aliphatic carboxylic acids is 1. The van der Waals surface area contributed by atoms with Gasteiger partial charge in [0.05, 0.1) is 12.7 Å². The van der Waals surface area contributed by atoms with Gasteiger partial charge in [0.2, 0.25) is 0 Å². The lowest BCUT2D eigenvalue weighted by molar-refractivity contribution is -0.145. The molecular formula is C9H20N2O4. The van der Waals surface area contributed by atoms with Crippen molar-refractivity contribution in [3.05, 3.63) is 0 Å². The maximum absolute atomic E-state index is 10.9. The Balaban J connectivity index is 4.25. The minimum absolute atomic E-state index is 0.149. The first kappa shape index (κ1) is 14.3. The van der Waals surface area contributed by atoms with Crippen LogP contribution in [-0.4, -0.2) is 46.1 Å². The third-order valence-corrected chi connectivity index (χ3v) is 2.31. The number of aliphatic hydroxyl groups excluding tert-OH is 2. The highest BCUT2D eigenvalue weighted by Crippen LogP contribution is 2.18. The van der Waals surface area contributed by atoms with Crippen molar-refractivity contribution in [2.24, 2.45) is 11.5 Å². The minimum atomic E-state index is -1.47. The summed E-state index contributed by atoms with van der Waals surface area (Å²) in [6, 6.07) is 0. The van der Waals surface area contributed by atoms with Crippen LogP contribution in [0.1, 0.15) is 25.7 Å². The van der Waals surface area contributed by atoms with Crippen LogP contribution in [0.3, 0.4) is 0 Å². The predicted octanol–water partition coefficient (Wildman–Crippen LogP) is -1.36. The smallest absolute Gasteiger partial charge is 0.323 e. The third kappa shape index (κ3) is 5.08. The molecule has 0 aliphatic heterocycles. The molecule has 15 heavy (non-hydrogen) atoms. The highest BCUT2D eigenvalue weighted by molar-refractivity contribution is 5.78. The van der Waals surface area contributed by atoms with E-state index in [9.17, 15) is 9.90 Å². The molecule has 0 fully saturated rings. The maximum atomic E-state index is 10.9. The van der Waals surface area contributed by atoms with Crippen LogP contribution in [0.25, 0.3) is 0 Å². The second-order valence-electron chi connectivity index (χ2n) is 3.75. The monoisotopic (exact) mass is 220 g/mol. The fourth-order valence-electron chi connectivity index (χ4n) is 1.37. The summed E-state index contributed by atoms with van der Waals surface area (Å²) in [7, 11) is 0. The molecule has 0 aromatic rings. The molecule has 0 aliphatic rings. The minimum Gasteiger partial charge on any atom is -0.480 e. The van der Waals surface area contributed by atoms with E-state index in [0.717, 1.165) is 0 Å². The number of carboxylic acids is 1. The van der Waals surface area contributed by atoms with E-state index in [4.69, 9.17) is 21.7 Å². The van der Waals surface area contributed by atoms with E-state index in [1.165, 1.54) is 0 Å². The second-order valence-corrected chi connectivity index (χ2v) is 3.75. The van der Waals surface area contributed by atoms with Gasteiger partial charge in [-0.25, -0.2) is 0 Å². The second kappa shape index (κ2) is 6.73. The summed E-state index contributed by atoms with van der Waals surface area (Å²) in [5.74, 6) is -1.16. The maximum Gasteiger partial charge on any atom is 0.323 e. The first-order chi connectivity index (χ1) is 6.96. The van der Waals surface area contributed by atoms with E-state index in [2.05, 4.69) is 0 Å². The summed E-state index contributed by atoms with van der Waals surface area (Å²) in [5, 5.41) is 26.7. The number of carboxylic acid groups (broad SMARTS) is 1. The number of carbonyl (C=O) groups is 1. The molecular weight excluding hydrogens is 200 g/mol. The summed E-state index contributed by atoms with van der Waals surface area (Å²) in [6.45, 7) is 0.00136. The number of unbranched alkanes of at least 4 members (excludes halogenated alkanes) is 1. The molecule has 1 unspecified atom stereocenters. The average molecular weight is 220 g/mol. The van der Waals surface area contributed by atoms with Crippen LogP contribution in [0, 0.1) is 0 Å². The van der Waals surface area contributed by atoms with Crippen molar-refractivity contribution in [1.82, 2.24) is 0 Å². The topological polar surface area (TPSA) is 130 Å². The highest BCUT2D eigenvalue weighted by atomic mass is 16.4. The molecule has 0 spiro atoms. The van der Waals surface area contributed by atoms with Gasteiger partial charge in [0.25, 0.3) is 0 Å². The lowest BCUT2D eigenvalue weighted by Crippen LogP contribution is -2.50. The third-order valence-electron chi connectivity index (χ3n) is 2.31. The van der Waals surface area contributed by atoms with Gasteiger partial charge in [-0.3, -0.25) is 4.79 Å². The fraction of sp³-hybridized carbons (Fsp3) is 0.889. The SMILES string of the molecule is NCCCC[C@@](N)(CC(O)CO)C(=O)O. The van der Waals surface area contributed by atoms with Gasteiger partial charge in [-0.1, -0.05) is 0 Å². The average Bonchev–Trinajstić information content (AvgIpc) is 2.17. The van der Waals surface area contributed by atoms with Crippen molar-refractivity contribution >= 4 is 5.97 Å². The summed E-state index contributed by atoms with van der Waals surface area (Å²) >= 11 is 0. The van der Waals surface area contributed by atoms with Crippen LogP contribution in [0.2, 0.25) is 0 Å². The lowest BCUT2D eigenvalue weighted by atomic mass is 9.88. The van der Waals surface area contributed by atoms with E-state index in [-0.39, 0.29) is 12.8 Å². The van der Waals surface area contributed by atoms with Crippen molar-refractivity contribution in [1.29, 1.82) is 0 Å². The van der Waals surface area contributed by atoms with Crippen LogP contribution in [0.5, 0.6) is 0 Å². The first-order valence-electron chi connectivity index (χ1n) is 4.97. The Labute approximate surface area is 88.9 Å². The highest BCUT2D eigenvalue weighted by Gasteiger charge is 2.35. The molecule has 0 bridgehead atoms. The van der Waals surface area contributed by atoms with Gasteiger partial charge in [0, 0.05) is 6.42 Å². The quantitative estimate of drug-likeness (QED) is 0.321. The van der Waals surface area contributed by atoms with E-state index >= 15 is 0 Å². The Kier molecular flexibility index (Phi) is 6.42. The van der Waals surface area contributed by atoms with E-state index in [0.29, 0.717) is 19.4 Å². The molecule has 2 atom stereocenters. The number of hydrogen-bond acceptors (Lipinski definition) is 5. The van der Waals surface area contributed by atoms with Gasteiger partial charge in [-0.05, 0) is 25.8 Å². The fourth-order valence-corrected chi connectivity index (χ4v) is 1.37. The van der Waals surface area contributed by atoms with Crippen LogP contribution in [0.4, 0.5) is 0 Å². The van der Waals surface area contributed by atoms with E-state index in [1.54, 1.807) is 0 Å². The van der Waals surface area contributed by atoms with Crippen LogP contribution in [0.15, 0.2) is 0 Å². The Hall–Kier alpha value is -0.690. The van der Waals surface area contributed by atoms with Gasteiger partial charge in [0.1, 0.15) is 5.54 Å². The molecule has 6 heteroatoms. The molecule has 0 aliphatic carbocycles. The first-order valence-corrected chi connectivity index (χ1v) is 4.97. The number of aliphatic hydroxyl groups is 2. The van der Waals surface area contributed by atoms with Crippen LogP contribution < -0.4 is 11.5 Å². The molecule has 0 rings (SSSR count). The summed E-state index contributed by atoms with van der Waals surface area (Å²) < 4.78 is 0. The summed E-state index contributed by atoms with van der Waals surface area (Å²) in [5.41, 5.74) is 9.46. The van der Waals surface area contributed by atoms with Crippen molar-refractivity contribution in [2.75, 3.05) is 13.2 Å². The van der Waals surface area contributed by atoms with Gasteiger partial charge in [-0.15, -0.1) is 0 Å². The molecule has 0 aromatic carbocycles. The predicted molar refractivity (Wildman–Crippen MR) is 55.2 cm³/mol. The van der Waals surface area contributed by atoms with Gasteiger partial charge >= 0.3 is 5.97 Å². The van der Waals surface area contributed by atoms with E-state index < -0.39 is 24.2 Å². The van der Waals surface area contributed by atoms with Gasteiger partial charge in [-0.2, -0.15) is 0 Å². The molecule has 6 nitrogen and oxygen atoms in total. The number of nitrogens with two attached hydrogens (primary N) is 2. The van der Waals surface area contributed by atoms with Crippen LogP contribution >= 0.6 is 0 Å². The largest absolute Gasteiger partial charge is 0.480 e. The zero-order chi connectivity index (χ0) is 11.9. The Morgan fingerprint density at radius 1 is 1.40 bits per heavy atom. The van der Waals surface area contributed by atoms with Crippen molar-refractivity contribution in [3.63, 3.8) is 0 Å². The molecule has 0 aromatic heterocycles. The Morgan fingerprint density at radius 2 is 2.00 bits per heavy atom. The molecule has 0 saturated heterocycles. The Bertz CT molecular complexity index is 201. The van der Waals surface area contributed by atoms with Crippen molar-refractivity contribution in [3.8, 4) is 0 Å². The van der Waals surface area contributed by atoms with E-state index in [1.807, 2.05) is 0 Å². The molecule has 0 amide bonds. The van der Waals surface area contributed by atoms with Gasteiger partial charge in [0.15, 0.2) is 0 Å². The summed E-state index contributed by atoms with van der Waals surface area (Å²) in [4.78, 5) is 10.9. The van der Waals surface area contributed by atoms with Crippen LogP contribution in [-0.2, 0) is 4.79 Å². The van der Waals surface area contributed by atoms with Gasteiger partial charge < -0.3 is 26.8 Å². The lowest BCUT2D eigenvalue weighted by Gasteiger charge is -2.26. The summed E-state index contributed by atoms with van der Waals surface area (Å²) in [6.07, 6.45) is 0.294. The zero-order valence-corrected chi connectivity index (χ0v) is 8.72. The number of rotatable bonds is 8. The molecule has 7 N–H and O–H groups in total. The molecule has 90 valence electrons. The normalized spacial score (nSPS) is 17.1. The molecule has 0 radical (unpaired) electrons.